The van der Waals surface area contributed by atoms with Crippen LogP contribution in [0.3, 0.4) is 0 Å². The molecular weight excluding hydrogens is 656 g/mol. The van der Waals surface area contributed by atoms with Gasteiger partial charge in [0.2, 0.25) is 0 Å². The predicted octanol–water partition coefficient (Wildman–Crippen LogP) is 11.4. The summed E-state index contributed by atoms with van der Waals surface area (Å²) in [5.74, 6) is -0.790. The Kier molecular flexibility index (Phi) is 33.3. The van der Waals surface area contributed by atoms with Crippen molar-refractivity contribution in [2.75, 3.05) is 13.7 Å². The average Bonchev–Trinajstić information content (AvgIpc) is 3.14. The Morgan fingerprint density at radius 2 is 0.808 bits per heavy atom. The third-order valence-corrected chi connectivity index (χ3v) is 10.8. The minimum absolute atomic E-state index is 0.199. The number of hydrogen-bond acceptors (Lipinski definition) is 8. The summed E-state index contributed by atoms with van der Waals surface area (Å²) in [5.41, 5.74) is 0. The Bertz CT molecular complexity index is 805. The van der Waals surface area contributed by atoms with Gasteiger partial charge in [0, 0.05) is 20.0 Å². The molecule has 0 amide bonds. The Morgan fingerprint density at radius 1 is 0.481 bits per heavy atom. The molecule has 1 rings (SSSR count). The molecule has 0 radical (unpaired) electrons. The molecule has 8 heteroatoms. The van der Waals surface area contributed by atoms with Crippen molar-refractivity contribution in [2.45, 2.75) is 256 Å². The monoisotopic (exact) mass is 741 g/mol. The van der Waals surface area contributed by atoms with Crippen molar-refractivity contribution in [1.29, 1.82) is 0 Å². The summed E-state index contributed by atoms with van der Waals surface area (Å²) >= 11 is 0. The smallest absolute Gasteiger partial charge is 0.306 e. The van der Waals surface area contributed by atoms with Crippen molar-refractivity contribution in [2.24, 2.45) is 0 Å². The number of unbranched alkanes of at least 4 members (excludes halogenated alkanes) is 29. The molecule has 0 spiro atoms. The summed E-state index contributed by atoms with van der Waals surface area (Å²) in [6.45, 7) is 4.33. The maximum Gasteiger partial charge on any atom is 0.306 e. The highest BCUT2D eigenvalue weighted by Gasteiger charge is 2.47. The van der Waals surface area contributed by atoms with Gasteiger partial charge in [-0.3, -0.25) is 9.59 Å². The SMILES string of the molecule is CCCCCCCCCCCCCCCCCCC(=O)OC[C@@H]1O[C@H](OC)[C@@H](OC(=O)CCCCCCCCCCCCCCCCC)[C@H](O)[C@H]1O. The van der Waals surface area contributed by atoms with E-state index in [9.17, 15) is 19.8 Å². The molecule has 0 aromatic rings. The minimum Gasteiger partial charge on any atom is -0.463 e. The Hall–Kier alpha value is -1.22. The van der Waals surface area contributed by atoms with Gasteiger partial charge in [-0.2, -0.15) is 0 Å². The van der Waals surface area contributed by atoms with Crippen LogP contribution in [0, 0.1) is 0 Å². The van der Waals surface area contributed by atoms with E-state index in [4.69, 9.17) is 18.9 Å². The summed E-state index contributed by atoms with van der Waals surface area (Å²) in [5, 5.41) is 21.4. The van der Waals surface area contributed by atoms with Crippen LogP contribution in [0.1, 0.15) is 226 Å². The molecule has 0 aromatic heterocycles. The molecule has 1 aliphatic heterocycles. The fourth-order valence-electron chi connectivity index (χ4n) is 7.27. The number of hydrogen-bond donors (Lipinski definition) is 2. The lowest BCUT2D eigenvalue weighted by atomic mass is 9.99. The molecule has 52 heavy (non-hydrogen) atoms. The molecule has 1 aliphatic rings. The summed E-state index contributed by atoms with van der Waals surface area (Å²) in [4.78, 5) is 24.9. The maximum absolute atomic E-state index is 12.5. The van der Waals surface area contributed by atoms with E-state index >= 15 is 0 Å². The molecule has 8 nitrogen and oxygen atoms in total. The molecule has 1 heterocycles. The third kappa shape index (κ3) is 26.5. The highest BCUT2D eigenvalue weighted by Crippen LogP contribution is 2.26. The van der Waals surface area contributed by atoms with Gasteiger partial charge >= 0.3 is 11.9 Å². The van der Waals surface area contributed by atoms with Crippen LogP contribution in [-0.4, -0.2) is 66.6 Å². The second-order valence-corrected chi connectivity index (χ2v) is 15.7. The lowest BCUT2D eigenvalue weighted by Gasteiger charge is -2.41. The van der Waals surface area contributed by atoms with Gasteiger partial charge in [0.25, 0.3) is 0 Å². The van der Waals surface area contributed by atoms with Gasteiger partial charge in [0.15, 0.2) is 12.4 Å². The summed E-state index contributed by atoms with van der Waals surface area (Å²) in [6, 6.07) is 0. The first-order chi connectivity index (χ1) is 25.4. The molecule has 0 aromatic carbocycles. The van der Waals surface area contributed by atoms with Gasteiger partial charge < -0.3 is 29.2 Å². The van der Waals surface area contributed by atoms with E-state index < -0.39 is 36.7 Å². The lowest BCUT2D eigenvalue weighted by molar-refractivity contribution is -0.298. The zero-order valence-electron chi connectivity index (χ0n) is 34.3. The van der Waals surface area contributed by atoms with Crippen LogP contribution in [0.25, 0.3) is 0 Å². The van der Waals surface area contributed by atoms with E-state index in [0.717, 1.165) is 38.5 Å². The van der Waals surface area contributed by atoms with Crippen molar-refractivity contribution in [3.05, 3.63) is 0 Å². The number of carbonyl (C=O) groups is 2. The predicted molar refractivity (Wildman–Crippen MR) is 212 cm³/mol. The maximum atomic E-state index is 12.5. The van der Waals surface area contributed by atoms with Crippen LogP contribution in [0.5, 0.6) is 0 Å². The van der Waals surface area contributed by atoms with Gasteiger partial charge in [-0.15, -0.1) is 0 Å². The van der Waals surface area contributed by atoms with Gasteiger partial charge in [0.05, 0.1) is 0 Å². The molecule has 1 fully saturated rings. The molecule has 0 bridgehead atoms. The summed E-state index contributed by atoms with van der Waals surface area (Å²) in [7, 11) is 1.39. The lowest BCUT2D eigenvalue weighted by Crippen LogP contribution is -2.60. The topological polar surface area (TPSA) is 112 Å². The van der Waals surface area contributed by atoms with Gasteiger partial charge in [-0.1, -0.05) is 200 Å². The molecule has 5 atom stereocenters. The van der Waals surface area contributed by atoms with E-state index in [1.54, 1.807) is 0 Å². The Morgan fingerprint density at radius 3 is 1.15 bits per heavy atom. The van der Waals surface area contributed by atoms with Crippen LogP contribution in [0.4, 0.5) is 0 Å². The highest BCUT2D eigenvalue weighted by atomic mass is 16.7. The molecule has 0 saturated carbocycles. The van der Waals surface area contributed by atoms with Crippen molar-refractivity contribution in [3.8, 4) is 0 Å². The van der Waals surface area contributed by atoms with Crippen LogP contribution in [-0.2, 0) is 28.5 Å². The van der Waals surface area contributed by atoms with Gasteiger partial charge in [-0.05, 0) is 12.8 Å². The van der Waals surface area contributed by atoms with Crippen LogP contribution >= 0.6 is 0 Å². The molecule has 0 aliphatic carbocycles. The van der Waals surface area contributed by atoms with Crippen LogP contribution in [0.15, 0.2) is 0 Å². The zero-order valence-corrected chi connectivity index (χ0v) is 34.3. The number of esters is 2. The number of methoxy groups -OCH3 is 1. The van der Waals surface area contributed by atoms with Crippen LogP contribution in [0.2, 0.25) is 0 Å². The fraction of sp³-hybridized carbons (Fsp3) is 0.955. The Labute approximate surface area is 320 Å². The average molecular weight is 741 g/mol. The van der Waals surface area contributed by atoms with E-state index in [1.807, 2.05) is 0 Å². The number of aliphatic hydroxyl groups excluding tert-OH is 2. The van der Waals surface area contributed by atoms with Gasteiger partial charge in [0.1, 0.15) is 24.9 Å². The van der Waals surface area contributed by atoms with E-state index in [0.29, 0.717) is 6.42 Å². The summed E-state index contributed by atoms with van der Waals surface area (Å²) in [6.07, 6.45) is 33.8. The van der Waals surface area contributed by atoms with Crippen molar-refractivity contribution >= 4 is 11.9 Å². The molecule has 0 unspecified atom stereocenters. The quantitative estimate of drug-likeness (QED) is 0.0478. The fourth-order valence-corrected chi connectivity index (χ4v) is 7.27. The standard InChI is InChI=1S/C44H84O8/c1-4-6-8-10-12-14-16-18-20-22-23-25-27-29-31-33-35-39(45)50-37-38-41(47)42(48)43(44(49-3)51-38)52-40(46)36-34-32-30-28-26-24-21-19-17-15-13-11-9-7-5-2/h38,41-44,47-48H,4-37H2,1-3H3/t38-,41-,42+,43-,44-/m0/s1. The first-order valence-electron chi connectivity index (χ1n) is 22.3. The van der Waals surface area contributed by atoms with Gasteiger partial charge in [-0.25, -0.2) is 0 Å². The van der Waals surface area contributed by atoms with Crippen molar-refractivity contribution < 1.29 is 38.7 Å². The largest absolute Gasteiger partial charge is 0.463 e. The van der Waals surface area contributed by atoms with Crippen molar-refractivity contribution in [3.63, 3.8) is 0 Å². The number of rotatable bonds is 37. The number of aliphatic hydroxyl groups is 2. The summed E-state index contributed by atoms with van der Waals surface area (Å²) < 4.78 is 22.0. The van der Waals surface area contributed by atoms with E-state index in [-0.39, 0.29) is 19.0 Å². The van der Waals surface area contributed by atoms with Crippen LogP contribution < -0.4 is 0 Å². The third-order valence-electron chi connectivity index (χ3n) is 10.8. The van der Waals surface area contributed by atoms with Crippen molar-refractivity contribution in [1.82, 2.24) is 0 Å². The molecule has 2 N–H and O–H groups in total. The normalized spacial score (nSPS) is 20.3. The first kappa shape index (κ1) is 48.8. The first-order valence-corrected chi connectivity index (χ1v) is 22.3. The number of carbonyl (C=O) groups excluding carboxylic acids is 2. The van der Waals surface area contributed by atoms with E-state index in [1.165, 1.54) is 168 Å². The second-order valence-electron chi connectivity index (χ2n) is 15.7. The molecule has 1 saturated heterocycles. The molecule has 308 valence electrons. The van der Waals surface area contributed by atoms with E-state index in [2.05, 4.69) is 13.8 Å². The Balaban J connectivity index is 2.06. The number of ether oxygens (including phenoxy) is 4. The highest BCUT2D eigenvalue weighted by molar-refractivity contribution is 5.69. The molecular formula is C44H84O8. The second kappa shape index (κ2) is 35.5. The zero-order chi connectivity index (χ0) is 37.9. The minimum atomic E-state index is -1.41.